The zero-order chi connectivity index (χ0) is 21.5. The number of fused-ring (bicyclic) bond motifs is 1. The summed E-state index contributed by atoms with van der Waals surface area (Å²) in [6, 6.07) is 12.3. The van der Waals surface area contributed by atoms with Crippen molar-refractivity contribution in [1.82, 2.24) is 5.32 Å². The number of hydrogen-bond acceptors (Lipinski definition) is 4. The molecule has 1 atom stereocenters. The Hall–Kier alpha value is -3.22. The monoisotopic (exact) mass is 411 g/mol. The summed E-state index contributed by atoms with van der Waals surface area (Å²) in [4.78, 5) is 37.2. The van der Waals surface area contributed by atoms with Gasteiger partial charge in [-0.3, -0.25) is 9.59 Å². The SMILES string of the molecule is CN(CCC(C=O)C(=O)NCCc1ccccc1F)c1ccc2c(c1)CCC(=O)N2. The lowest BCUT2D eigenvalue weighted by atomic mass is 10.0. The van der Waals surface area contributed by atoms with Crippen LogP contribution in [0, 0.1) is 11.7 Å². The van der Waals surface area contributed by atoms with Gasteiger partial charge in [0.05, 0.1) is 5.92 Å². The molecule has 2 N–H and O–H groups in total. The topological polar surface area (TPSA) is 78.5 Å². The van der Waals surface area contributed by atoms with Gasteiger partial charge in [0.15, 0.2) is 0 Å². The van der Waals surface area contributed by atoms with Crippen LogP contribution in [0.4, 0.5) is 15.8 Å². The van der Waals surface area contributed by atoms with E-state index in [4.69, 9.17) is 0 Å². The van der Waals surface area contributed by atoms with Gasteiger partial charge in [-0.15, -0.1) is 0 Å². The molecule has 0 aliphatic carbocycles. The zero-order valence-corrected chi connectivity index (χ0v) is 17.0. The van der Waals surface area contributed by atoms with Crippen molar-refractivity contribution in [3.63, 3.8) is 0 Å². The molecule has 0 saturated heterocycles. The van der Waals surface area contributed by atoms with Gasteiger partial charge in [-0.25, -0.2) is 4.39 Å². The summed E-state index contributed by atoms with van der Waals surface area (Å²) < 4.78 is 13.6. The molecule has 0 saturated carbocycles. The molecule has 1 unspecified atom stereocenters. The highest BCUT2D eigenvalue weighted by Crippen LogP contribution is 2.27. The summed E-state index contributed by atoms with van der Waals surface area (Å²) >= 11 is 0. The summed E-state index contributed by atoms with van der Waals surface area (Å²) in [5, 5.41) is 5.58. The van der Waals surface area contributed by atoms with Gasteiger partial charge in [0.1, 0.15) is 12.1 Å². The zero-order valence-electron chi connectivity index (χ0n) is 17.0. The van der Waals surface area contributed by atoms with Gasteiger partial charge in [-0.05, 0) is 54.7 Å². The number of amides is 2. The molecule has 3 rings (SSSR count). The van der Waals surface area contributed by atoms with E-state index >= 15 is 0 Å². The van der Waals surface area contributed by atoms with Gasteiger partial charge < -0.3 is 20.3 Å². The average molecular weight is 411 g/mol. The van der Waals surface area contributed by atoms with Gasteiger partial charge in [-0.2, -0.15) is 0 Å². The lowest BCUT2D eigenvalue weighted by molar-refractivity contribution is -0.129. The lowest BCUT2D eigenvalue weighted by Gasteiger charge is -2.24. The van der Waals surface area contributed by atoms with Gasteiger partial charge in [0.25, 0.3) is 0 Å². The Labute approximate surface area is 175 Å². The molecule has 0 spiro atoms. The number of hydrogen-bond donors (Lipinski definition) is 2. The van der Waals surface area contributed by atoms with E-state index in [2.05, 4.69) is 10.6 Å². The third-order valence-corrected chi connectivity index (χ3v) is 5.35. The fraction of sp³-hybridized carbons (Fsp3) is 0.348. The van der Waals surface area contributed by atoms with Crippen LogP contribution in [-0.4, -0.2) is 38.2 Å². The third-order valence-electron chi connectivity index (χ3n) is 5.35. The van der Waals surface area contributed by atoms with Crippen molar-refractivity contribution in [2.45, 2.75) is 25.7 Å². The molecular weight excluding hydrogens is 385 g/mol. The first-order chi connectivity index (χ1) is 14.5. The number of carbonyl (C=O) groups is 3. The van der Waals surface area contributed by atoms with Crippen LogP contribution in [0.1, 0.15) is 24.0 Å². The van der Waals surface area contributed by atoms with E-state index < -0.39 is 5.92 Å². The van der Waals surface area contributed by atoms with E-state index in [1.54, 1.807) is 18.2 Å². The molecule has 30 heavy (non-hydrogen) atoms. The Morgan fingerprint density at radius 1 is 1.27 bits per heavy atom. The number of nitrogens with one attached hydrogen (secondary N) is 2. The van der Waals surface area contributed by atoms with Crippen molar-refractivity contribution in [3.8, 4) is 0 Å². The molecule has 7 heteroatoms. The first-order valence-electron chi connectivity index (χ1n) is 10.1. The highest BCUT2D eigenvalue weighted by molar-refractivity contribution is 5.94. The second-order valence-electron chi connectivity index (χ2n) is 7.47. The van der Waals surface area contributed by atoms with E-state index in [0.717, 1.165) is 16.9 Å². The van der Waals surface area contributed by atoms with Crippen molar-refractivity contribution >= 4 is 29.5 Å². The van der Waals surface area contributed by atoms with E-state index in [1.165, 1.54) is 6.07 Å². The molecule has 1 heterocycles. The van der Waals surface area contributed by atoms with Crippen molar-refractivity contribution in [2.24, 2.45) is 5.92 Å². The van der Waals surface area contributed by atoms with E-state index in [-0.39, 0.29) is 24.2 Å². The van der Waals surface area contributed by atoms with Crippen LogP contribution >= 0.6 is 0 Å². The molecule has 158 valence electrons. The van der Waals surface area contributed by atoms with Crippen LogP contribution in [0.5, 0.6) is 0 Å². The standard InChI is InChI=1S/C23H26FN3O3/c1-27(19-7-8-21-17(14-19)6-9-22(29)26-21)13-11-18(15-28)23(30)25-12-10-16-4-2-3-5-20(16)24/h2-5,7-8,14-15,18H,6,9-13H2,1H3,(H,25,30)(H,26,29). The fourth-order valence-corrected chi connectivity index (χ4v) is 3.48. The van der Waals surface area contributed by atoms with Crippen LogP contribution in [0.2, 0.25) is 0 Å². The molecule has 0 fully saturated rings. The Morgan fingerprint density at radius 2 is 2.07 bits per heavy atom. The highest BCUT2D eigenvalue weighted by atomic mass is 19.1. The number of anilines is 2. The van der Waals surface area contributed by atoms with E-state index in [0.29, 0.717) is 44.1 Å². The minimum absolute atomic E-state index is 0.0263. The molecule has 0 radical (unpaired) electrons. The van der Waals surface area contributed by atoms with Crippen LogP contribution in [0.25, 0.3) is 0 Å². The summed E-state index contributed by atoms with van der Waals surface area (Å²) in [6.07, 6.45) is 2.58. The second-order valence-corrected chi connectivity index (χ2v) is 7.47. The minimum Gasteiger partial charge on any atom is -0.375 e. The van der Waals surface area contributed by atoms with Crippen molar-refractivity contribution < 1.29 is 18.8 Å². The van der Waals surface area contributed by atoms with Gasteiger partial charge in [0, 0.05) is 37.9 Å². The summed E-state index contributed by atoms with van der Waals surface area (Å²) in [5.74, 6) is -1.38. The van der Waals surface area contributed by atoms with Crippen LogP contribution in [-0.2, 0) is 27.2 Å². The Kier molecular flexibility index (Phi) is 7.17. The molecular formula is C23H26FN3O3. The Bertz CT molecular complexity index is 932. The average Bonchev–Trinajstić information content (AvgIpc) is 2.75. The number of halogens is 1. The number of aryl methyl sites for hydroxylation is 1. The van der Waals surface area contributed by atoms with Crippen LogP contribution in [0.15, 0.2) is 42.5 Å². The molecule has 2 aromatic rings. The lowest BCUT2D eigenvalue weighted by Crippen LogP contribution is -2.35. The van der Waals surface area contributed by atoms with Crippen molar-refractivity contribution in [2.75, 3.05) is 30.4 Å². The molecule has 1 aliphatic heterocycles. The quantitative estimate of drug-likeness (QED) is 0.491. The maximum Gasteiger partial charge on any atom is 0.230 e. The van der Waals surface area contributed by atoms with E-state index in [9.17, 15) is 18.8 Å². The maximum atomic E-state index is 13.6. The molecule has 2 amide bonds. The normalized spacial score (nSPS) is 13.7. The van der Waals surface area contributed by atoms with E-state index in [1.807, 2.05) is 30.1 Å². The van der Waals surface area contributed by atoms with Crippen LogP contribution in [0.3, 0.4) is 0 Å². The second kappa shape index (κ2) is 10.0. The first kappa shape index (κ1) is 21.5. The molecule has 1 aliphatic rings. The number of rotatable bonds is 9. The molecule has 2 aromatic carbocycles. The van der Waals surface area contributed by atoms with Gasteiger partial charge in [-0.1, -0.05) is 18.2 Å². The van der Waals surface area contributed by atoms with Crippen molar-refractivity contribution in [1.29, 1.82) is 0 Å². The summed E-state index contributed by atoms with van der Waals surface area (Å²) in [7, 11) is 1.90. The first-order valence-corrected chi connectivity index (χ1v) is 10.1. The summed E-state index contributed by atoms with van der Waals surface area (Å²) in [5.41, 5.74) is 3.42. The highest BCUT2D eigenvalue weighted by Gasteiger charge is 2.19. The Morgan fingerprint density at radius 3 is 2.83 bits per heavy atom. The Balaban J connectivity index is 1.49. The number of benzene rings is 2. The smallest absolute Gasteiger partial charge is 0.230 e. The summed E-state index contributed by atoms with van der Waals surface area (Å²) in [6.45, 7) is 0.797. The largest absolute Gasteiger partial charge is 0.375 e. The van der Waals surface area contributed by atoms with Gasteiger partial charge in [0.2, 0.25) is 11.8 Å². The predicted molar refractivity (Wildman–Crippen MR) is 114 cm³/mol. The number of carbonyl (C=O) groups excluding carboxylic acids is 3. The maximum absolute atomic E-state index is 13.6. The van der Waals surface area contributed by atoms with Crippen LogP contribution < -0.4 is 15.5 Å². The van der Waals surface area contributed by atoms with Crippen molar-refractivity contribution in [3.05, 3.63) is 59.4 Å². The minimum atomic E-state index is -0.759. The fourth-order valence-electron chi connectivity index (χ4n) is 3.48. The number of aldehydes is 1. The molecule has 6 nitrogen and oxygen atoms in total. The molecule has 0 bridgehead atoms. The number of nitrogens with zero attached hydrogens (tertiary/aromatic N) is 1. The van der Waals surface area contributed by atoms with Gasteiger partial charge >= 0.3 is 0 Å². The predicted octanol–water partition coefficient (Wildman–Crippen LogP) is 2.71. The third kappa shape index (κ3) is 5.43. The molecule has 0 aromatic heterocycles.